The molecule has 1 aromatic rings. The van der Waals surface area contributed by atoms with Crippen LogP contribution >= 0.6 is 0 Å². The van der Waals surface area contributed by atoms with Gasteiger partial charge in [0.1, 0.15) is 12.2 Å². The molecule has 2 rings (SSSR count). The summed E-state index contributed by atoms with van der Waals surface area (Å²) in [5, 5.41) is 18.9. The monoisotopic (exact) mass is 281 g/mol. The lowest BCUT2D eigenvalue weighted by Crippen LogP contribution is -2.38. The van der Waals surface area contributed by atoms with Crippen molar-refractivity contribution in [3.8, 4) is 0 Å². The van der Waals surface area contributed by atoms with Crippen LogP contribution in [0.25, 0.3) is 0 Å². The Kier molecular flexibility index (Phi) is 4.21. The van der Waals surface area contributed by atoms with Crippen LogP contribution in [-0.4, -0.2) is 50.1 Å². The summed E-state index contributed by atoms with van der Waals surface area (Å²) in [6.07, 6.45) is 1.52. The number of aliphatic carboxylic acids is 1. The van der Waals surface area contributed by atoms with Crippen molar-refractivity contribution in [2.45, 2.75) is 26.9 Å². The van der Waals surface area contributed by atoms with E-state index in [9.17, 15) is 9.59 Å². The van der Waals surface area contributed by atoms with E-state index in [0.717, 1.165) is 13.1 Å². The van der Waals surface area contributed by atoms with E-state index in [-0.39, 0.29) is 19.1 Å². The molecule has 1 aliphatic rings. The number of likely N-dealkylation sites (tertiary alicyclic amines) is 1. The van der Waals surface area contributed by atoms with Gasteiger partial charge in [0.25, 0.3) is 0 Å². The molecule has 0 saturated carbocycles. The van der Waals surface area contributed by atoms with E-state index in [1.807, 2.05) is 0 Å². The van der Waals surface area contributed by atoms with Crippen LogP contribution in [0.5, 0.6) is 0 Å². The number of hydrogen-bond acceptors (Lipinski definition) is 4. The fourth-order valence-corrected chi connectivity index (χ4v) is 2.21. The number of nitrogens with zero attached hydrogens (tertiary/aromatic N) is 4. The minimum Gasteiger partial charge on any atom is -0.480 e. The van der Waals surface area contributed by atoms with Gasteiger partial charge in [-0.25, -0.2) is 9.48 Å². The zero-order valence-corrected chi connectivity index (χ0v) is 11.6. The molecule has 2 heterocycles. The smallest absolute Gasteiger partial charge is 0.325 e. The van der Waals surface area contributed by atoms with E-state index in [0.29, 0.717) is 17.5 Å². The van der Waals surface area contributed by atoms with Crippen molar-refractivity contribution in [3.05, 3.63) is 11.9 Å². The maximum Gasteiger partial charge on any atom is 0.325 e. The van der Waals surface area contributed by atoms with Crippen LogP contribution in [0.1, 0.15) is 19.5 Å². The van der Waals surface area contributed by atoms with Crippen molar-refractivity contribution in [2.75, 3.05) is 13.1 Å². The maximum atomic E-state index is 12.0. The molecule has 20 heavy (non-hydrogen) atoms. The molecule has 2 unspecified atom stereocenters. The summed E-state index contributed by atoms with van der Waals surface area (Å²) in [6.45, 7) is 5.81. The number of carboxylic acids is 1. The van der Waals surface area contributed by atoms with E-state index < -0.39 is 5.97 Å². The molecular formula is C12H19N5O3. The van der Waals surface area contributed by atoms with Crippen molar-refractivity contribution in [2.24, 2.45) is 11.8 Å². The zero-order chi connectivity index (χ0) is 14.7. The third kappa shape index (κ3) is 3.46. The van der Waals surface area contributed by atoms with Gasteiger partial charge in [-0.3, -0.25) is 4.79 Å². The van der Waals surface area contributed by atoms with Crippen molar-refractivity contribution in [1.29, 1.82) is 0 Å². The molecule has 110 valence electrons. The van der Waals surface area contributed by atoms with Crippen molar-refractivity contribution >= 4 is 12.0 Å². The normalized spacial score (nSPS) is 22.0. The fourth-order valence-electron chi connectivity index (χ4n) is 2.21. The predicted molar refractivity (Wildman–Crippen MR) is 69.8 cm³/mol. The summed E-state index contributed by atoms with van der Waals surface area (Å²) in [4.78, 5) is 24.3. The molecular weight excluding hydrogens is 262 g/mol. The Balaban J connectivity index is 1.81. The summed E-state index contributed by atoms with van der Waals surface area (Å²) in [7, 11) is 0. The third-order valence-electron chi connectivity index (χ3n) is 3.58. The number of nitrogens with one attached hydrogen (secondary N) is 1. The van der Waals surface area contributed by atoms with Crippen LogP contribution in [0.2, 0.25) is 0 Å². The average molecular weight is 281 g/mol. The molecule has 2 amide bonds. The highest BCUT2D eigenvalue weighted by Crippen LogP contribution is 2.21. The number of amides is 2. The molecule has 0 aliphatic carbocycles. The number of carbonyl (C=O) groups is 2. The Labute approximate surface area is 116 Å². The molecule has 0 aromatic carbocycles. The van der Waals surface area contributed by atoms with E-state index in [1.54, 1.807) is 4.90 Å². The van der Waals surface area contributed by atoms with Crippen LogP contribution in [-0.2, 0) is 17.9 Å². The largest absolute Gasteiger partial charge is 0.480 e. The lowest BCUT2D eigenvalue weighted by molar-refractivity contribution is -0.137. The topological polar surface area (TPSA) is 100 Å². The number of hydrogen-bond donors (Lipinski definition) is 2. The molecule has 8 heteroatoms. The standard InChI is InChI=1S/C12H19N5O3/c1-8-4-16(5-9(8)2)12(20)13-3-10-6-17(15-14-10)7-11(18)19/h6,8-9H,3-5,7H2,1-2H3,(H,13,20)(H,18,19). The Bertz CT molecular complexity index is 491. The van der Waals surface area contributed by atoms with E-state index in [2.05, 4.69) is 29.5 Å². The first kappa shape index (κ1) is 14.3. The van der Waals surface area contributed by atoms with Gasteiger partial charge in [0, 0.05) is 13.1 Å². The van der Waals surface area contributed by atoms with Crippen LogP contribution in [0.15, 0.2) is 6.20 Å². The molecule has 1 aliphatic heterocycles. The lowest BCUT2D eigenvalue weighted by atomic mass is 10.0. The summed E-state index contributed by atoms with van der Waals surface area (Å²) >= 11 is 0. The number of rotatable bonds is 4. The fraction of sp³-hybridized carbons (Fsp3) is 0.667. The molecule has 1 fully saturated rings. The highest BCUT2D eigenvalue weighted by molar-refractivity contribution is 5.74. The van der Waals surface area contributed by atoms with Crippen molar-refractivity contribution < 1.29 is 14.7 Å². The maximum absolute atomic E-state index is 12.0. The zero-order valence-electron chi connectivity index (χ0n) is 11.6. The van der Waals surface area contributed by atoms with Crippen molar-refractivity contribution in [3.63, 3.8) is 0 Å². The Hall–Kier alpha value is -2.12. The minimum absolute atomic E-state index is 0.117. The van der Waals surface area contributed by atoms with Crippen molar-refractivity contribution in [1.82, 2.24) is 25.2 Å². The third-order valence-corrected chi connectivity index (χ3v) is 3.58. The molecule has 8 nitrogen and oxygen atoms in total. The van der Waals surface area contributed by atoms with Crippen LogP contribution in [0.3, 0.4) is 0 Å². The predicted octanol–water partition coefficient (Wildman–Crippen LogP) is 0.160. The van der Waals surface area contributed by atoms with Gasteiger partial charge < -0.3 is 15.3 Å². The number of carbonyl (C=O) groups excluding carboxylic acids is 1. The van der Waals surface area contributed by atoms with Gasteiger partial charge in [-0.15, -0.1) is 5.10 Å². The SMILES string of the molecule is CC1CN(C(=O)NCc2cn(CC(=O)O)nn2)CC1C. The Morgan fingerprint density at radius 3 is 2.65 bits per heavy atom. The first-order valence-electron chi connectivity index (χ1n) is 6.59. The van der Waals surface area contributed by atoms with Gasteiger partial charge in [0.05, 0.1) is 12.7 Å². The van der Waals surface area contributed by atoms with Gasteiger partial charge >= 0.3 is 12.0 Å². The lowest BCUT2D eigenvalue weighted by Gasteiger charge is -2.16. The molecule has 1 saturated heterocycles. The second-order valence-electron chi connectivity index (χ2n) is 5.32. The van der Waals surface area contributed by atoms with Crippen LogP contribution in [0, 0.1) is 11.8 Å². The summed E-state index contributed by atoms with van der Waals surface area (Å²) in [5.41, 5.74) is 0.542. The minimum atomic E-state index is -0.981. The second kappa shape index (κ2) is 5.89. The molecule has 2 atom stereocenters. The molecule has 1 aromatic heterocycles. The quantitative estimate of drug-likeness (QED) is 0.818. The summed E-state index contributed by atoms with van der Waals surface area (Å²) in [5.74, 6) is 0.0416. The van der Waals surface area contributed by atoms with Gasteiger partial charge in [0.15, 0.2) is 0 Å². The van der Waals surface area contributed by atoms with Crippen LogP contribution in [0.4, 0.5) is 4.79 Å². The summed E-state index contributed by atoms with van der Waals surface area (Å²) < 4.78 is 1.23. The molecule has 0 radical (unpaired) electrons. The first-order valence-corrected chi connectivity index (χ1v) is 6.59. The average Bonchev–Trinajstić information content (AvgIpc) is 2.94. The van der Waals surface area contributed by atoms with Gasteiger partial charge in [-0.05, 0) is 11.8 Å². The highest BCUT2D eigenvalue weighted by Gasteiger charge is 2.29. The Morgan fingerprint density at radius 2 is 2.05 bits per heavy atom. The van der Waals surface area contributed by atoms with Gasteiger partial charge in [0.2, 0.25) is 0 Å². The highest BCUT2D eigenvalue weighted by atomic mass is 16.4. The van der Waals surface area contributed by atoms with E-state index in [4.69, 9.17) is 5.11 Å². The van der Waals surface area contributed by atoms with Crippen LogP contribution < -0.4 is 5.32 Å². The number of carboxylic acid groups (broad SMARTS) is 1. The molecule has 2 N–H and O–H groups in total. The van der Waals surface area contributed by atoms with E-state index in [1.165, 1.54) is 10.9 Å². The summed E-state index contributed by atoms with van der Waals surface area (Å²) in [6, 6.07) is -0.117. The first-order chi connectivity index (χ1) is 9.45. The van der Waals surface area contributed by atoms with Gasteiger partial charge in [-0.2, -0.15) is 0 Å². The molecule has 0 spiro atoms. The second-order valence-corrected chi connectivity index (χ2v) is 5.32. The Morgan fingerprint density at radius 1 is 1.40 bits per heavy atom. The van der Waals surface area contributed by atoms with Gasteiger partial charge in [-0.1, -0.05) is 19.1 Å². The number of aromatic nitrogens is 3. The van der Waals surface area contributed by atoms with E-state index >= 15 is 0 Å². The molecule has 0 bridgehead atoms. The number of urea groups is 1.